The maximum absolute atomic E-state index is 11.9. The molecule has 2 nitrogen and oxygen atoms in total. The first-order valence-electron chi connectivity index (χ1n) is 2.50. The second-order valence-electron chi connectivity index (χ2n) is 1.73. The lowest BCUT2D eigenvalue weighted by Gasteiger charge is -1.64. The monoisotopic (exact) mass is 162 g/mol. The summed E-state index contributed by atoms with van der Waals surface area (Å²) in [6.07, 6.45) is 0. The molecule has 0 saturated carbocycles. The van der Waals surface area contributed by atoms with Crippen LogP contribution in [0.15, 0.2) is 18.2 Å². The molecule has 0 aliphatic heterocycles. The average Bonchev–Trinajstić information content (AvgIpc) is 2.46. The van der Waals surface area contributed by atoms with Crippen LogP contribution in [0, 0.1) is 5.82 Å². The largest absolute Gasteiger partial charge is 0.274 e. The lowest BCUT2D eigenvalue weighted by molar-refractivity contribution is 0.632. The van der Waals surface area contributed by atoms with Crippen molar-refractivity contribution in [3.63, 3.8) is 0 Å². The fraction of sp³-hybridized carbons (Fsp3) is 0. The zero-order valence-electron chi connectivity index (χ0n) is 5.17. The van der Waals surface area contributed by atoms with Crippen LogP contribution in [0.25, 0.3) is 11.1 Å². The second-order valence-corrected chi connectivity index (χ2v) is 1.73. The number of nitrogens with two attached hydrogens (primary N) is 2. The SMILES string of the molecule is Cl.Fc1cc2cc-2c1.NN. The van der Waals surface area contributed by atoms with Gasteiger partial charge in [-0.3, -0.25) is 11.7 Å². The number of rotatable bonds is 0. The van der Waals surface area contributed by atoms with E-state index in [1.807, 2.05) is 6.07 Å². The van der Waals surface area contributed by atoms with Crippen LogP contribution < -0.4 is 11.7 Å². The summed E-state index contributed by atoms with van der Waals surface area (Å²) in [7, 11) is 0. The summed E-state index contributed by atoms with van der Waals surface area (Å²) in [6, 6.07) is 5.02. The third-order valence-corrected chi connectivity index (χ3v) is 1.15. The first kappa shape index (κ1) is 9.36. The van der Waals surface area contributed by atoms with Gasteiger partial charge in [0.25, 0.3) is 0 Å². The van der Waals surface area contributed by atoms with Crippen molar-refractivity contribution in [1.29, 1.82) is 0 Å². The molecule has 0 aromatic carbocycles. The second kappa shape index (κ2) is 3.51. The number of hydrogen-bond acceptors (Lipinski definition) is 2. The van der Waals surface area contributed by atoms with Crippen molar-refractivity contribution in [1.82, 2.24) is 0 Å². The molecule has 0 spiro atoms. The fourth-order valence-electron chi connectivity index (χ4n) is 0.720. The number of fused-ring (bicyclic) bond motifs is 1. The van der Waals surface area contributed by atoms with Gasteiger partial charge in [-0.15, -0.1) is 12.4 Å². The highest BCUT2D eigenvalue weighted by molar-refractivity contribution is 5.85. The minimum Gasteiger partial charge on any atom is -0.274 e. The van der Waals surface area contributed by atoms with Crippen molar-refractivity contribution >= 4 is 12.4 Å². The van der Waals surface area contributed by atoms with Crippen molar-refractivity contribution < 1.29 is 4.39 Å². The molecule has 56 valence electrons. The van der Waals surface area contributed by atoms with Crippen LogP contribution in [0.4, 0.5) is 4.39 Å². The Labute approximate surface area is 64.4 Å². The minimum atomic E-state index is -0.104. The summed E-state index contributed by atoms with van der Waals surface area (Å²) in [6.45, 7) is 0. The molecule has 0 bridgehead atoms. The van der Waals surface area contributed by atoms with Gasteiger partial charge in [0.2, 0.25) is 0 Å². The van der Waals surface area contributed by atoms with Gasteiger partial charge in [-0.1, -0.05) is 0 Å². The number of hydrazine groups is 1. The highest BCUT2D eigenvalue weighted by Gasteiger charge is 2.12. The van der Waals surface area contributed by atoms with E-state index < -0.39 is 0 Å². The van der Waals surface area contributed by atoms with Gasteiger partial charge in [-0.2, -0.15) is 0 Å². The molecular formula is C6H8ClFN2. The standard InChI is InChI=1S/C6H3F.ClH.H4N2/c7-6-2-4-1-5(4)3-6;;1-2/h1-3H;1H;1-2H2. The first-order valence-corrected chi connectivity index (χ1v) is 2.50. The number of halogens is 2. The Morgan fingerprint density at radius 1 is 1.00 bits per heavy atom. The van der Waals surface area contributed by atoms with Crippen molar-refractivity contribution in [2.24, 2.45) is 11.7 Å². The predicted molar refractivity (Wildman–Crippen MR) is 41.0 cm³/mol. The van der Waals surface area contributed by atoms with E-state index in [0.29, 0.717) is 0 Å². The Bertz CT molecular complexity index is 207. The van der Waals surface area contributed by atoms with Crippen molar-refractivity contribution in [3.8, 4) is 11.1 Å². The normalized spacial score (nSPS) is 8.70. The van der Waals surface area contributed by atoms with Gasteiger partial charge >= 0.3 is 0 Å². The number of hydrogen-bond donors (Lipinski definition) is 2. The molecular weight excluding hydrogens is 155 g/mol. The average molecular weight is 163 g/mol. The van der Waals surface area contributed by atoms with Crippen LogP contribution in [0.3, 0.4) is 0 Å². The first-order chi connectivity index (χ1) is 4.36. The lowest BCUT2D eigenvalue weighted by atomic mass is 10.6. The van der Waals surface area contributed by atoms with Crippen molar-refractivity contribution in [3.05, 3.63) is 24.0 Å². The van der Waals surface area contributed by atoms with E-state index in [4.69, 9.17) is 0 Å². The summed E-state index contributed by atoms with van der Waals surface area (Å²) >= 11 is 0. The van der Waals surface area contributed by atoms with E-state index in [9.17, 15) is 4.39 Å². The van der Waals surface area contributed by atoms with Gasteiger partial charge < -0.3 is 0 Å². The summed E-state index contributed by atoms with van der Waals surface area (Å²) in [5.74, 6) is 7.90. The van der Waals surface area contributed by atoms with Gasteiger partial charge in [0.15, 0.2) is 0 Å². The molecule has 4 N–H and O–H groups in total. The van der Waals surface area contributed by atoms with Gasteiger partial charge in [0.05, 0.1) is 0 Å². The fourth-order valence-corrected chi connectivity index (χ4v) is 0.720. The maximum Gasteiger partial charge on any atom is 0.124 e. The highest BCUT2D eigenvalue weighted by Crippen LogP contribution is 2.34. The van der Waals surface area contributed by atoms with E-state index in [2.05, 4.69) is 11.7 Å². The molecule has 0 aromatic heterocycles. The summed E-state index contributed by atoms with van der Waals surface area (Å²) in [5.41, 5.74) is 2.13. The molecule has 0 unspecified atom stereocenters. The van der Waals surface area contributed by atoms with Gasteiger partial charge in [-0.25, -0.2) is 4.39 Å². The molecule has 0 heterocycles. The lowest BCUT2D eigenvalue weighted by Crippen LogP contribution is -2.02. The van der Waals surface area contributed by atoms with Gasteiger partial charge in [0.1, 0.15) is 5.82 Å². The minimum absolute atomic E-state index is 0. The van der Waals surface area contributed by atoms with E-state index in [1.54, 1.807) is 0 Å². The molecule has 10 heavy (non-hydrogen) atoms. The van der Waals surface area contributed by atoms with Crippen LogP contribution in [-0.2, 0) is 0 Å². The van der Waals surface area contributed by atoms with E-state index in [0.717, 1.165) is 11.1 Å². The molecule has 2 aliphatic rings. The molecule has 2 rings (SSSR count). The zero-order chi connectivity index (χ0) is 6.85. The molecule has 0 atom stereocenters. The molecule has 0 amide bonds. The summed E-state index contributed by atoms with van der Waals surface area (Å²) in [4.78, 5) is 0. The Hall–Kier alpha value is -0.640. The number of benzene rings is 1. The molecule has 0 saturated heterocycles. The third kappa shape index (κ3) is 1.67. The van der Waals surface area contributed by atoms with Crippen LogP contribution >= 0.6 is 12.4 Å². The van der Waals surface area contributed by atoms with Gasteiger partial charge in [-0.05, 0) is 29.3 Å². The van der Waals surface area contributed by atoms with Gasteiger partial charge in [0, 0.05) is 0 Å². The Kier molecular flexibility index (Phi) is 3.28. The zero-order valence-corrected chi connectivity index (χ0v) is 5.99. The van der Waals surface area contributed by atoms with Crippen LogP contribution in [0.1, 0.15) is 0 Å². The summed E-state index contributed by atoms with van der Waals surface area (Å²) < 4.78 is 11.9. The molecule has 2 aliphatic carbocycles. The topological polar surface area (TPSA) is 52.0 Å². The Morgan fingerprint density at radius 2 is 1.40 bits per heavy atom. The van der Waals surface area contributed by atoms with E-state index in [1.165, 1.54) is 12.1 Å². The Balaban J connectivity index is 0.000000251. The third-order valence-electron chi connectivity index (χ3n) is 1.15. The van der Waals surface area contributed by atoms with Crippen LogP contribution in [-0.4, -0.2) is 0 Å². The quantitative estimate of drug-likeness (QED) is 0.449. The molecule has 0 radical (unpaired) electrons. The summed E-state index contributed by atoms with van der Waals surface area (Å²) in [5, 5.41) is 0. The van der Waals surface area contributed by atoms with Crippen molar-refractivity contribution in [2.75, 3.05) is 0 Å². The van der Waals surface area contributed by atoms with Crippen molar-refractivity contribution in [2.45, 2.75) is 0 Å². The Morgan fingerprint density at radius 3 is 1.60 bits per heavy atom. The highest BCUT2D eigenvalue weighted by atomic mass is 35.5. The van der Waals surface area contributed by atoms with E-state index >= 15 is 0 Å². The smallest absolute Gasteiger partial charge is 0.124 e. The van der Waals surface area contributed by atoms with Crippen LogP contribution in [0.2, 0.25) is 0 Å². The van der Waals surface area contributed by atoms with Crippen LogP contribution in [0.5, 0.6) is 0 Å². The van der Waals surface area contributed by atoms with E-state index in [-0.39, 0.29) is 18.2 Å². The maximum atomic E-state index is 11.9. The predicted octanol–water partition coefficient (Wildman–Crippen LogP) is 1.05. The molecule has 0 aromatic rings. The molecule has 0 fully saturated rings. The molecule has 4 heteroatoms.